The van der Waals surface area contributed by atoms with Crippen LogP contribution in [0, 0.1) is 11.3 Å². The van der Waals surface area contributed by atoms with Gasteiger partial charge in [0.25, 0.3) is 0 Å². The molecule has 0 spiro atoms. The molecule has 6 nitrogen and oxygen atoms in total. The van der Waals surface area contributed by atoms with Crippen LogP contribution in [0.4, 0.5) is 5.69 Å². The number of nitriles is 1. The van der Waals surface area contributed by atoms with Crippen LogP contribution < -0.4 is 0 Å². The van der Waals surface area contributed by atoms with E-state index >= 15 is 0 Å². The number of aliphatic imine (C=N–C) groups is 1. The topological polar surface area (TPSA) is 98.5 Å². The molecular weight excluding hydrogens is 378 g/mol. The standard InChI is InChI=1S/C24H17N3O3/c1-30-24(29)17-9-12-19-20(13-17)27-23(28)21(19)22(16-5-3-2-4-6-16)26-18-10-7-15(14-25)8-11-18/h2-13,27-28H,1H3. The van der Waals surface area contributed by atoms with Gasteiger partial charge in [-0.3, -0.25) is 0 Å². The number of ether oxygens (including phenoxy) is 1. The van der Waals surface area contributed by atoms with Crippen molar-refractivity contribution in [1.29, 1.82) is 5.26 Å². The summed E-state index contributed by atoms with van der Waals surface area (Å²) in [5, 5.41) is 20.5. The van der Waals surface area contributed by atoms with E-state index in [1.54, 1.807) is 42.5 Å². The molecule has 0 aliphatic rings. The largest absolute Gasteiger partial charge is 0.494 e. The molecule has 1 heterocycles. The number of methoxy groups -OCH3 is 1. The number of aromatic nitrogens is 1. The number of hydrogen-bond acceptors (Lipinski definition) is 5. The van der Waals surface area contributed by atoms with Gasteiger partial charge in [-0.2, -0.15) is 5.26 Å². The first-order chi connectivity index (χ1) is 14.6. The highest BCUT2D eigenvalue weighted by molar-refractivity contribution is 6.22. The second-order valence-electron chi connectivity index (χ2n) is 6.59. The zero-order chi connectivity index (χ0) is 21.1. The average molecular weight is 395 g/mol. The predicted octanol–water partition coefficient (Wildman–Crippen LogP) is 4.70. The molecule has 0 unspecified atom stereocenters. The molecule has 0 bridgehead atoms. The number of benzene rings is 3. The number of H-pyrrole nitrogens is 1. The van der Waals surface area contributed by atoms with Crippen molar-refractivity contribution in [3.63, 3.8) is 0 Å². The van der Waals surface area contributed by atoms with Crippen LogP contribution in [0.5, 0.6) is 5.88 Å². The fraction of sp³-hybridized carbons (Fsp3) is 0.0417. The Morgan fingerprint density at radius 2 is 1.77 bits per heavy atom. The molecule has 1 aromatic heterocycles. The molecule has 4 aromatic rings. The minimum absolute atomic E-state index is 0.0525. The van der Waals surface area contributed by atoms with Gasteiger partial charge in [0, 0.05) is 16.5 Å². The van der Waals surface area contributed by atoms with Crippen LogP contribution in [0.25, 0.3) is 10.9 Å². The van der Waals surface area contributed by atoms with Crippen LogP contribution in [0.2, 0.25) is 0 Å². The van der Waals surface area contributed by atoms with E-state index in [1.807, 2.05) is 30.3 Å². The molecule has 0 saturated carbocycles. The average Bonchev–Trinajstić information content (AvgIpc) is 3.12. The summed E-state index contributed by atoms with van der Waals surface area (Å²) >= 11 is 0. The molecule has 0 fully saturated rings. The number of esters is 1. The monoisotopic (exact) mass is 395 g/mol. The smallest absolute Gasteiger partial charge is 0.337 e. The van der Waals surface area contributed by atoms with Gasteiger partial charge >= 0.3 is 5.97 Å². The van der Waals surface area contributed by atoms with Gasteiger partial charge in [0.05, 0.1) is 41.3 Å². The number of aromatic amines is 1. The predicted molar refractivity (Wildman–Crippen MR) is 114 cm³/mol. The van der Waals surface area contributed by atoms with Crippen molar-refractivity contribution >= 4 is 28.3 Å². The third-order valence-corrected chi connectivity index (χ3v) is 4.72. The van der Waals surface area contributed by atoms with Crippen LogP contribution in [0.1, 0.15) is 27.0 Å². The third kappa shape index (κ3) is 3.52. The summed E-state index contributed by atoms with van der Waals surface area (Å²) in [5.74, 6) is -0.509. The first-order valence-corrected chi connectivity index (χ1v) is 9.18. The summed E-state index contributed by atoms with van der Waals surface area (Å²) in [6, 6.07) is 23.5. The summed E-state index contributed by atoms with van der Waals surface area (Å²) < 4.78 is 4.77. The lowest BCUT2D eigenvalue weighted by atomic mass is 10.00. The Balaban J connectivity index is 1.92. The first kappa shape index (κ1) is 19.0. The summed E-state index contributed by atoms with van der Waals surface area (Å²) in [6.07, 6.45) is 0. The lowest BCUT2D eigenvalue weighted by Crippen LogP contribution is -2.03. The van der Waals surface area contributed by atoms with Crippen molar-refractivity contribution < 1.29 is 14.6 Å². The highest BCUT2D eigenvalue weighted by atomic mass is 16.5. The molecule has 0 saturated heterocycles. The molecule has 30 heavy (non-hydrogen) atoms. The van der Waals surface area contributed by atoms with Crippen molar-refractivity contribution in [3.8, 4) is 11.9 Å². The Morgan fingerprint density at radius 3 is 2.43 bits per heavy atom. The summed E-state index contributed by atoms with van der Waals surface area (Å²) in [4.78, 5) is 19.5. The fourth-order valence-electron chi connectivity index (χ4n) is 3.27. The van der Waals surface area contributed by atoms with Crippen LogP contribution >= 0.6 is 0 Å². The van der Waals surface area contributed by atoms with Crippen LogP contribution in [-0.4, -0.2) is 28.9 Å². The molecular formula is C24H17N3O3. The zero-order valence-electron chi connectivity index (χ0n) is 16.1. The van der Waals surface area contributed by atoms with E-state index in [4.69, 9.17) is 15.0 Å². The van der Waals surface area contributed by atoms with Crippen molar-refractivity contribution in [1.82, 2.24) is 4.98 Å². The van der Waals surface area contributed by atoms with Crippen LogP contribution in [-0.2, 0) is 4.74 Å². The summed E-state index contributed by atoms with van der Waals surface area (Å²) in [5.41, 5.74) is 4.06. The van der Waals surface area contributed by atoms with E-state index in [1.165, 1.54) is 7.11 Å². The molecule has 0 radical (unpaired) electrons. The fourth-order valence-corrected chi connectivity index (χ4v) is 3.27. The summed E-state index contributed by atoms with van der Waals surface area (Å²) in [7, 11) is 1.32. The Morgan fingerprint density at radius 1 is 1.03 bits per heavy atom. The van der Waals surface area contributed by atoms with Crippen LogP contribution in [0.3, 0.4) is 0 Å². The van der Waals surface area contributed by atoms with Crippen molar-refractivity contribution in [3.05, 3.63) is 95.1 Å². The number of nitrogens with one attached hydrogen (secondary N) is 1. The van der Waals surface area contributed by atoms with Crippen molar-refractivity contribution in [2.24, 2.45) is 4.99 Å². The van der Waals surface area contributed by atoms with E-state index in [9.17, 15) is 9.90 Å². The van der Waals surface area contributed by atoms with Gasteiger partial charge in [-0.25, -0.2) is 9.79 Å². The third-order valence-electron chi connectivity index (χ3n) is 4.72. The molecule has 0 amide bonds. The minimum atomic E-state index is -0.456. The number of nitrogens with zero attached hydrogens (tertiary/aromatic N) is 2. The lowest BCUT2D eigenvalue weighted by molar-refractivity contribution is 0.0601. The number of fused-ring (bicyclic) bond motifs is 1. The number of rotatable bonds is 4. The number of carbonyl (C=O) groups excluding carboxylic acids is 1. The molecule has 4 rings (SSSR count). The highest BCUT2D eigenvalue weighted by Crippen LogP contribution is 2.32. The minimum Gasteiger partial charge on any atom is -0.494 e. The van der Waals surface area contributed by atoms with Gasteiger partial charge in [-0.05, 0) is 36.4 Å². The van der Waals surface area contributed by atoms with Gasteiger partial charge < -0.3 is 14.8 Å². The van der Waals surface area contributed by atoms with E-state index in [-0.39, 0.29) is 5.88 Å². The van der Waals surface area contributed by atoms with E-state index in [2.05, 4.69) is 11.1 Å². The quantitative estimate of drug-likeness (QED) is 0.386. The maximum Gasteiger partial charge on any atom is 0.337 e. The molecule has 146 valence electrons. The Bertz CT molecular complexity index is 1300. The first-order valence-electron chi connectivity index (χ1n) is 9.18. The molecule has 2 N–H and O–H groups in total. The zero-order valence-corrected chi connectivity index (χ0v) is 16.1. The van der Waals surface area contributed by atoms with Crippen molar-refractivity contribution in [2.75, 3.05) is 7.11 Å². The second kappa shape index (κ2) is 7.94. The Labute approximate surface area is 172 Å². The highest BCUT2D eigenvalue weighted by Gasteiger charge is 2.19. The second-order valence-corrected chi connectivity index (χ2v) is 6.59. The van der Waals surface area contributed by atoms with E-state index in [0.29, 0.717) is 33.6 Å². The van der Waals surface area contributed by atoms with Crippen LogP contribution in [0.15, 0.2) is 77.8 Å². The normalized spacial score (nSPS) is 11.3. The lowest BCUT2D eigenvalue weighted by Gasteiger charge is -2.08. The molecule has 0 aliphatic carbocycles. The molecule has 6 heteroatoms. The maximum atomic E-state index is 11.9. The molecule has 0 aliphatic heterocycles. The summed E-state index contributed by atoms with van der Waals surface area (Å²) in [6.45, 7) is 0. The van der Waals surface area contributed by atoms with Gasteiger partial charge in [-0.15, -0.1) is 0 Å². The van der Waals surface area contributed by atoms with Crippen molar-refractivity contribution in [2.45, 2.75) is 0 Å². The van der Waals surface area contributed by atoms with Gasteiger partial charge in [0.2, 0.25) is 0 Å². The van der Waals surface area contributed by atoms with E-state index in [0.717, 1.165) is 10.9 Å². The SMILES string of the molecule is COC(=O)c1ccc2c(C(=Nc3ccc(C#N)cc3)c3ccccc3)c(O)[nH]c2c1. The van der Waals surface area contributed by atoms with Gasteiger partial charge in [0.15, 0.2) is 5.88 Å². The van der Waals surface area contributed by atoms with Gasteiger partial charge in [-0.1, -0.05) is 36.4 Å². The number of hydrogen-bond donors (Lipinski definition) is 2. The Hall–Kier alpha value is -4.37. The molecule has 3 aromatic carbocycles. The maximum absolute atomic E-state index is 11.9. The van der Waals surface area contributed by atoms with Gasteiger partial charge in [0.1, 0.15) is 0 Å². The molecule has 0 atom stereocenters. The number of carbonyl (C=O) groups is 1. The Kier molecular flexibility index (Phi) is 5.02. The van der Waals surface area contributed by atoms with E-state index < -0.39 is 5.97 Å². The number of aromatic hydroxyl groups is 1.